The van der Waals surface area contributed by atoms with Crippen LogP contribution in [0.1, 0.15) is 166 Å². The number of hydrogen-bond donors (Lipinski definition) is 1. The molecule has 4 aromatic carbocycles. The van der Waals surface area contributed by atoms with E-state index in [0.29, 0.717) is 40.6 Å². The molecule has 77 heavy (non-hydrogen) atoms. The number of sulfonamides is 1. The molecule has 2 heterocycles. The van der Waals surface area contributed by atoms with Crippen molar-refractivity contribution in [3.05, 3.63) is 102 Å². The second kappa shape index (κ2) is 23.6. The number of para-hydroxylation sites is 3. The number of cyclic esters (lactones) is 1. The van der Waals surface area contributed by atoms with Gasteiger partial charge in [-0.3, -0.25) is 13.9 Å². The van der Waals surface area contributed by atoms with Crippen LogP contribution in [-0.2, 0) is 35.2 Å². The summed E-state index contributed by atoms with van der Waals surface area (Å²) in [5, 5.41) is 2.99. The highest BCUT2D eigenvalue weighted by atomic mass is 32.2. The third-order valence-electron chi connectivity index (χ3n) is 14.9. The number of hydrogen-bond acceptors (Lipinski definition) is 10. The number of rotatable bonds is 22. The first-order valence-corrected chi connectivity index (χ1v) is 29.0. The standard InChI is InChI=1S/C63H88N4O9S/c1-18-62(14,15)46-31-32-49(42(3)36-46)73-35-23-34-66-55(64-47-24-19-22-27-53(47)77(66,71)72)54(67-57(69)63(16,17)76-58(67)70)56(68)65-48-37-45(61(11,12)13)30-33-50(48)75-52-26-21-20-25-51(52)74-40-44(43(4)39-60(8,9)10)29-28-41(2)38-59(5,6)7/h19-22,24-27,30-33,36-37,41,43-44,54H,18,23,28-29,34-35,38-40H2,1-17H3,(H,65,68). The SMILES string of the molecule is CCC(C)(C)c1ccc(OCCCN2C(C(C(=O)Nc3cc(C(C)(C)C)ccc3Oc3ccccc3OCC(CCC(C)CC(C)(C)C)C(C)CC(C)(C)C)N3C(=O)OC(C)(C)C3=O)=Nc3ccccc3S2(=O)=O)c(C)c1. The number of aliphatic imine (C=N–C) groups is 1. The van der Waals surface area contributed by atoms with Gasteiger partial charge in [0.25, 0.3) is 21.8 Å². The van der Waals surface area contributed by atoms with E-state index in [1.165, 1.54) is 31.5 Å². The first kappa shape index (κ1) is 60.3. The molecule has 0 aromatic heterocycles. The van der Waals surface area contributed by atoms with Gasteiger partial charge in [0.05, 0.1) is 24.6 Å². The van der Waals surface area contributed by atoms with Gasteiger partial charge in [-0.25, -0.2) is 23.1 Å². The summed E-state index contributed by atoms with van der Waals surface area (Å²) in [4.78, 5) is 49.2. The van der Waals surface area contributed by atoms with E-state index in [9.17, 15) is 18.0 Å². The Bertz CT molecular complexity index is 2910. The largest absolute Gasteiger partial charge is 0.493 e. The number of aryl methyl sites for hydroxylation is 1. The Kier molecular flexibility index (Phi) is 18.5. The molecule has 0 aliphatic carbocycles. The molecule has 4 unspecified atom stereocenters. The number of carbonyl (C=O) groups excluding carboxylic acids is 3. The van der Waals surface area contributed by atoms with E-state index in [1.54, 1.807) is 24.3 Å². The van der Waals surface area contributed by atoms with Gasteiger partial charge >= 0.3 is 6.09 Å². The fourth-order valence-electron chi connectivity index (χ4n) is 10.4. The maximum absolute atomic E-state index is 15.5. The Hall–Kier alpha value is -5.89. The van der Waals surface area contributed by atoms with E-state index >= 15 is 4.79 Å². The molecule has 2 aliphatic heterocycles. The molecule has 4 atom stereocenters. The molecule has 13 nitrogen and oxygen atoms in total. The average Bonchev–Trinajstić information content (AvgIpc) is 3.52. The van der Waals surface area contributed by atoms with Crippen molar-refractivity contribution < 1.29 is 41.7 Å². The van der Waals surface area contributed by atoms with Gasteiger partial charge in [0, 0.05) is 13.0 Å². The number of benzene rings is 4. The fourth-order valence-corrected chi connectivity index (χ4v) is 12.0. The minimum Gasteiger partial charge on any atom is -0.493 e. The van der Waals surface area contributed by atoms with Crippen molar-refractivity contribution in [1.29, 1.82) is 0 Å². The van der Waals surface area contributed by atoms with Gasteiger partial charge in [0.15, 0.2) is 34.7 Å². The highest BCUT2D eigenvalue weighted by molar-refractivity contribution is 7.90. The van der Waals surface area contributed by atoms with Crippen LogP contribution in [0.2, 0.25) is 0 Å². The van der Waals surface area contributed by atoms with E-state index in [4.69, 9.17) is 23.9 Å². The molecule has 420 valence electrons. The van der Waals surface area contributed by atoms with Crippen LogP contribution in [0.25, 0.3) is 0 Å². The van der Waals surface area contributed by atoms with Crippen molar-refractivity contribution in [3.8, 4) is 23.0 Å². The topological polar surface area (TPSA) is 153 Å². The molecule has 0 bridgehead atoms. The number of fused-ring (bicyclic) bond motifs is 1. The average molecular weight is 1080 g/mol. The smallest absolute Gasteiger partial charge is 0.418 e. The lowest BCUT2D eigenvalue weighted by Crippen LogP contribution is -2.59. The Balaban J connectivity index is 1.36. The lowest BCUT2D eigenvalue weighted by molar-refractivity contribution is -0.137. The van der Waals surface area contributed by atoms with E-state index in [2.05, 4.69) is 87.5 Å². The quantitative estimate of drug-likeness (QED) is 0.0758. The minimum atomic E-state index is -4.44. The monoisotopic (exact) mass is 1080 g/mol. The predicted octanol–water partition coefficient (Wildman–Crippen LogP) is 15.0. The van der Waals surface area contributed by atoms with Crippen molar-refractivity contribution in [2.24, 2.45) is 33.6 Å². The van der Waals surface area contributed by atoms with E-state index in [-0.39, 0.29) is 69.6 Å². The van der Waals surface area contributed by atoms with Gasteiger partial charge < -0.3 is 24.3 Å². The van der Waals surface area contributed by atoms with Gasteiger partial charge in [-0.15, -0.1) is 0 Å². The zero-order valence-corrected chi connectivity index (χ0v) is 50.0. The van der Waals surface area contributed by atoms with Crippen molar-refractivity contribution in [1.82, 2.24) is 9.21 Å². The first-order chi connectivity index (χ1) is 35.7. The normalized spacial score (nSPS) is 17.2. The summed E-state index contributed by atoms with van der Waals surface area (Å²) in [5.41, 5.74) is 1.47. The third-order valence-corrected chi connectivity index (χ3v) is 16.8. The molecule has 1 N–H and O–H groups in total. The van der Waals surface area contributed by atoms with Gasteiger partial charge in [-0.05, 0) is 145 Å². The summed E-state index contributed by atoms with van der Waals surface area (Å²) in [6, 6.07) is 23.2. The molecular weight excluding hydrogens is 989 g/mol. The van der Waals surface area contributed by atoms with Crippen LogP contribution in [0.15, 0.2) is 94.8 Å². The van der Waals surface area contributed by atoms with Crippen LogP contribution in [-0.4, -0.2) is 72.8 Å². The van der Waals surface area contributed by atoms with Crippen LogP contribution in [0.5, 0.6) is 23.0 Å². The lowest BCUT2D eigenvalue weighted by atomic mass is 9.76. The lowest BCUT2D eigenvalue weighted by Gasteiger charge is -2.35. The molecule has 0 radical (unpaired) electrons. The molecular formula is C63H88N4O9S. The van der Waals surface area contributed by atoms with Crippen molar-refractivity contribution in [2.45, 2.75) is 184 Å². The van der Waals surface area contributed by atoms with Crippen LogP contribution in [0, 0.1) is 35.5 Å². The van der Waals surface area contributed by atoms with Crippen LogP contribution in [0.4, 0.5) is 16.2 Å². The molecule has 1 fully saturated rings. The maximum atomic E-state index is 15.5. The molecule has 4 aromatic rings. The van der Waals surface area contributed by atoms with Crippen molar-refractivity contribution >= 4 is 45.1 Å². The first-order valence-electron chi connectivity index (χ1n) is 27.6. The van der Waals surface area contributed by atoms with E-state index in [0.717, 1.165) is 47.5 Å². The van der Waals surface area contributed by atoms with Gasteiger partial charge in [-0.2, -0.15) is 0 Å². The van der Waals surface area contributed by atoms with Gasteiger partial charge in [-0.1, -0.05) is 146 Å². The van der Waals surface area contributed by atoms with Crippen molar-refractivity contribution in [2.75, 3.05) is 25.1 Å². The highest BCUT2D eigenvalue weighted by Gasteiger charge is 2.55. The third kappa shape index (κ3) is 15.0. The summed E-state index contributed by atoms with van der Waals surface area (Å²) in [6.07, 6.45) is 4.26. The Morgan fingerprint density at radius 2 is 1.39 bits per heavy atom. The zero-order chi connectivity index (χ0) is 57.1. The molecule has 0 saturated carbocycles. The van der Waals surface area contributed by atoms with Crippen LogP contribution < -0.4 is 19.5 Å². The Morgan fingerprint density at radius 1 is 0.766 bits per heavy atom. The summed E-state index contributed by atoms with van der Waals surface area (Å²) < 4.78 is 56.0. The van der Waals surface area contributed by atoms with E-state index in [1.807, 2.05) is 70.2 Å². The van der Waals surface area contributed by atoms with Gasteiger partial charge in [0.1, 0.15) is 10.6 Å². The van der Waals surface area contributed by atoms with Gasteiger partial charge in [0.2, 0.25) is 0 Å². The molecule has 3 amide bonds. The van der Waals surface area contributed by atoms with Crippen LogP contribution in [0.3, 0.4) is 0 Å². The minimum absolute atomic E-state index is 0.0250. The van der Waals surface area contributed by atoms with Crippen LogP contribution >= 0.6 is 0 Å². The number of amidine groups is 1. The molecule has 1 saturated heterocycles. The molecule has 6 rings (SSSR count). The number of anilines is 1. The molecule has 0 spiro atoms. The summed E-state index contributed by atoms with van der Waals surface area (Å²) in [5.74, 6) is 0.929. The second-order valence-electron chi connectivity index (χ2n) is 26.2. The fraction of sp³-hybridized carbons (Fsp3) is 0.556. The summed E-state index contributed by atoms with van der Waals surface area (Å²) >= 11 is 0. The number of nitrogens with zero attached hydrogens (tertiary/aromatic N) is 3. The zero-order valence-electron chi connectivity index (χ0n) is 49.2. The second-order valence-corrected chi connectivity index (χ2v) is 28.0. The number of ether oxygens (including phenoxy) is 4. The number of nitrogens with one attached hydrogen (secondary N) is 1. The summed E-state index contributed by atoms with van der Waals surface area (Å²) in [7, 11) is -4.44. The molecule has 2 aliphatic rings. The Labute approximate surface area is 460 Å². The Morgan fingerprint density at radius 3 is 2.00 bits per heavy atom. The highest BCUT2D eigenvalue weighted by Crippen LogP contribution is 2.42. The van der Waals surface area contributed by atoms with Crippen molar-refractivity contribution in [3.63, 3.8) is 0 Å². The summed E-state index contributed by atoms with van der Waals surface area (Å²) in [6.45, 7) is 36.2. The molecule has 14 heteroatoms. The maximum Gasteiger partial charge on any atom is 0.418 e. The number of imide groups is 1. The van der Waals surface area contributed by atoms with E-state index < -0.39 is 45.0 Å². The predicted molar refractivity (Wildman–Crippen MR) is 308 cm³/mol. The number of carbonyl (C=O) groups is 3. The number of amides is 3.